The van der Waals surface area contributed by atoms with Crippen LogP contribution in [0.1, 0.15) is 20.3 Å². The minimum atomic E-state index is -3.71. The fourth-order valence-electron chi connectivity index (χ4n) is 1.68. The zero-order chi connectivity index (χ0) is 13.8. The Kier molecular flexibility index (Phi) is 7.51. The second kappa shape index (κ2) is 7.79. The van der Waals surface area contributed by atoms with Crippen molar-refractivity contribution in [2.75, 3.05) is 6.54 Å². The Labute approximate surface area is 120 Å². The molecule has 0 amide bonds. The van der Waals surface area contributed by atoms with E-state index in [4.69, 9.17) is 5.73 Å². The Hall–Kier alpha value is -0.690. The molecule has 1 rings (SSSR count). The molecule has 4 nitrogen and oxygen atoms in total. The minimum Gasteiger partial charge on any atom is -0.329 e. The number of sulfonamides is 1. The molecule has 1 aromatic carbocycles. The van der Waals surface area contributed by atoms with Crippen LogP contribution in [0.15, 0.2) is 29.2 Å². The molecule has 0 spiro atoms. The van der Waals surface area contributed by atoms with Gasteiger partial charge in [-0.05, 0) is 30.5 Å². The lowest BCUT2D eigenvalue weighted by atomic mass is 10.1. The van der Waals surface area contributed by atoms with Gasteiger partial charge in [-0.3, -0.25) is 0 Å². The summed E-state index contributed by atoms with van der Waals surface area (Å²) < 4.78 is 39.5. The van der Waals surface area contributed by atoms with Crippen LogP contribution in [-0.2, 0) is 10.0 Å². The van der Waals surface area contributed by atoms with Crippen molar-refractivity contribution in [3.8, 4) is 0 Å². The Morgan fingerprint density at radius 1 is 1.37 bits per heavy atom. The van der Waals surface area contributed by atoms with E-state index in [0.29, 0.717) is 12.3 Å². The average Bonchev–Trinajstić information content (AvgIpc) is 2.27. The normalized spacial score (nSPS) is 13.1. The molecule has 1 unspecified atom stereocenters. The molecule has 0 aliphatic rings. The molecule has 110 valence electrons. The first-order valence-electron chi connectivity index (χ1n) is 5.83. The third-order valence-corrected chi connectivity index (χ3v) is 3.99. The molecule has 0 aromatic heterocycles. The molecule has 0 fully saturated rings. The van der Waals surface area contributed by atoms with Crippen LogP contribution in [0.3, 0.4) is 0 Å². The van der Waals surface area contributed by atoms with E-state index in [9.17, 15) is 12.8 Å². The number of halogens is 2. The molecule has 0 aliphatic carbocycles. The molecule has 0 bridgehead atoms. The van der Waals surface area contributed by atoms with Gasteiger partial charge in [-0.25, -0.2) is 17.5 Å². The summed E-state index contributed by atoms with van der Waals surface area (Å²) in [7, 11) is -3.71. The van der Waals surface area contributed by atoms with Gasteiger partial charge in [0.2, 0.25) is 10.0 Å². The number of hydrogen-bond donors (Lipinski definition) is 2. The van der Waals surface area contributed by atoms with E-state index in [1.165, 1.54) is 18.2 Å². The fourth-order valence-corrected chi connectivity index (χ4v) is 2.98. The van der Waals surface area contributed by atoms with Gasteiger partial charge in [-0.1, -0.05) is 19.9 Å². The summed E-state index contributed by atoms with van der Waals surface area (Å²) in [5.41, 5.74) is 5.54. The lowest BCUT2D eigenvalue weighted by Gasteiger charge is -2.18. The van der Waals surface area contributed by atoms with E-state index in [1.54, 1.807) is 0 Å². The first-order chi connectivity index (χ1) is 8.35. The maximum atomic E-state index is 13.0. The highest BCUT2D eigenvalue weighted by atomic mass is 35.5. The molecule has 0 saturated carbocycles. The third-order valence-electron chi connectivity index (χ3n) is 2.47. The van der Waals surface area contributed by atoms with Gasteiger partial charge in [0.25, 0.3) is 0 Å². The molecule has 1 aromatic rings. The van der Waals surface area contributed by atoms with E-state index < -0.39 is 15.8 Å². The quantitative estimate of drug-likeness (QED) is 0.843. The van der Waals surface area contributed by atoms with Crippen LogP contribution in [-0.4, -0.2) is 21.0 Å². The molecule has 3 N–H and O–H groups in total. The molecular formula is C12H20ClFN2O2S. The van der Waals surface area contributed by atoms with Crippen molar-refractivity contribution in [1.29, 1.82) is 0 Å². The molecule has 0 saturated heterocycles. The van der Waals surface area contributed by atoms with Crippen molar-refractivity contribution in [3.05, 3.63) is 30.1 Å². The van der Waals surface area contributed by atoms with Crippen molar-refractivity contribution in [2.24, 2.45) is 11.7 Å². The number of benzene rings is 1. The maximum Gasteiger partial charge on any atom is 0.240 e. The number of rotatable bonds is 6. The number of hydrogen-bond acceptors (Lipinski definition) is 3. The predicted octanol–water partition coefficient (Wildman–Crippen LogP) is 1.90. The molecule has 0 radical (unpaired) electrons. The van der Waals surface area contributed by atoms with Crippen molar-refractivity contribution < 1.29 is 12.8 Å². The Morgan fingerprint density at radius 2 is 2.00 bits per heavy atom. The molecule has 1 atom stereocenters. The van der Waals surface area contributed by atoms with Gasteiger partial charge in [-0.2, -0.15) is 0 Å². The SMILES string of the molecule is CC(C)CC(CN)NS(=O)(=O)c1cccc(F)c1.Cl. The van der Waals surface area contributed by atoms with Crippen LogP contribution >= 0.6 is 12.4 Å². The molecule has 7 heteroatoms. The monoisotopic (exact) mass is 310 g/mol. The zero-order valence-electron chi connectivity index (χ0n) is 11.0. The van der Waals surface area contributed by atoms with Crippen LogP contribution in [0, 0.1) is 11.7 Å². The Bertz CT molecular complexity index is 494. The maximum absolute atomic E-state index is 13.0. The van der Waals surface area contributed by atoms with Gasteiger partial charge >= 0.3 is 0 Å². The Balaban J connectivity index is 0.00000324. The van der Waals surface area contributed by atoms with E-state index in [1.807, 2.05) is 13.8 Å². The van der Waals surface area contributed by atoms with Crippen molar-refractivity contribution in [3.63, 3.8) is 0 Å². The fraction of sp³-hybridized carbons (Fsp3) is 0.500. The summed E-state index contributed by atoms with van der Waals surface area (Å²) in [6, 6.07) is 4.58. The van der Waals surface area contributed by atoms with Crippen LogP contribution in [0.5, 0.6) is 0 Å². The van der Waals surface area contributed by atoms with Gasteiger partial charge < -0.3 is 5.73 Å². The van der Waals surface area contributed by atoms with E-state index >= 15 is 0 Å². The van der Waals surface area contributed by atoms with Gasteiger partial charge in [0, 0.05) is 12.6 Å². The highest BCUT2D eigenvalue weighted by Crippen LogP contribution is 2.12. The average molecular weight is 311 g/mol. The summed E-state index contributed by atoms with van der Waals surface area (Å²) in [5, 5.41) is 0. The van der Waals surface area contributed by atoms with Crippen molar-refractivity contribution in [1.82, 2.24) is 4.72 Å². The summed E-state index contributed by atoms with van der Waals surface area (Å²) in [5.74, 6) is -0.250. The molecule has 19 heavy (non-hydrogen) atoms. The van der Waals surface area contributed by atoms with Gasteiger partial charge in [0.15, 0.2) is 0 Å². The second-order valence-electron chi connectivity index (χ2n) is 4.64. The van der Waals surface area contributed by atoms with Crippen LogP contribution in [0.25, 0.3) is 0 Å². The predicted molar refractivity (Wildman–Crippen MR) is 76.3 cm³/mol. The molecular weight excluding hydrogens is 291 g/mol. The van der Waals surface area contributed by atoms with E-state index in [-0.39, 0.29) is 29.9 Å². The number of nitrogens with two attached hydrogens (primary N) is 1. The zero-order valence-corrected chi connectivity index (χ0v) is 12.6. The summed E-state index contributed by atoms with van der Waals surface area (Å²) in [4.78, 5) is -0.0790. The lowest BCUT2D eigenvalue weighted by molar-refractivity contribution is 0.465. The van der Waals surface area contributed by atoms with Gasteiger partial charge in [0.05, 0.1) is 4.90 Å². The lowest BCUT2D eigenvalue weighted by Crippen LogP contribution is -2.40. The van der Waals surface area contributed by atoms with Crippen LogP contribution in [0.4, 0.5) is 4.39 Å². The topological polar surface area (TPSA) is 72.2 Å². The summed E-state index contributed by atoms with van der Waals surface area (Å²) in [6.07, 6.45) is 0.644. The summed E-state index contributed by atoms with van der Waals surface area (Å²) >= 11 is 0. The second-order valence-corrected chi connectivity index (χ2v) is 6.35. The van der Waals surface area contributed by atoms with Crippen molar-refractivity contribution in [2.45, 2.75) is 31.2 Å². The minimum absolute atomic E-state index is 0. The smallest absolute Gasteiger partial charge is 0.240 e. The van der Waals surface area contributed by atoms with Crippen LogP contribution in [0.2, 0.25) is 0 Å². The van der Waals surface area contributed by atoms with Crippen LogP contribution < -0.4 is 10.5 Å². The Morgan fingerprint density at radius 3 is 2.47 bits per heavy atom. The summed E-state index contributed by atoms with van der Waals surface area (Å²) in [6.45, 7) is 4.19. The van der Waals surface area contributed by atoms with E-state index in [0.717, 1.165) is 6.07 Å². The van der Waals surface area contributed by atoms with E-state index in [2.05, 4.69) is 4.72 Å². The van der Waals surface area contributed by atoms with Crippen molar-refractivity contribution >= 4 is 22.4 Å². The van der Waals surface area contributed by atoms with Gasteiger partial charge in [-0.15, -0.1) is 12.4 Å². The molecule has 0 aliphatic heterocycles. The highest BCUT2D eigenvalue weighted by Gasteiger charge is 2.20. The first-order valence-corrected chi connectivity index (χ1v) is 7.31. The van der Waals surface area contributed by atoms with Gasteiger partial charge in [0.1, 0.15) is 5.82 Å². The standard InChI is InChI=1S/C12H19FN2O2S.ClH/c1-9(2)6-11(8-14)15-18(16,17)12-5-3-4-10(13)7-12;/h3-5,7,9,11,15H,6,8,14H2,1-2H3;1H. The largest absolute Gasteiger partial charge is 0.329 e. The third kappa shape index (κ3) is 5.86. The molecule has 0 heterocycles. The number of nitrogens with one attached hydrogen (secondary N) is 1. The first kappa shape index (κ1) is 18.3. The highest BCUT2D eigenvalue weighted by molar-refractivity contribution is 7.89.